The Hall–Kier alpha value is -2.86. The van der Waals surface area contributed by atoms with Crippen LogP contribution in [0.2, 0.25) is 0 Å². The van der Waals surface area contributed by atoms with Crippen molar-refractivity contribution in [2.75, 3.05) is 20.2 Å². The first kappa shape index (κ1) is 18.9. The summed E-state index contributed by atoms with van der Waals surface area (Å²) in [7, 11) is 1.57. The van der Waals surface area contributed by atoms with Crippen molar-refractivity contribution in [3.8, 4) is 16.9 Å². The molecule has 2 N–H and O–H groups in total. The van der Waals surface area contributed by atoms with E-state index >= 15 is 0 Å². The van der Waals surface area contributed by atoms with Crippen LogP contribution in [0.25, 0.3) is 11.1 Å². The molecule has 1 saturated heterocycles. The van der Waals surface area contributed by atoms with Crippen LogP contribution in [0.4, 0.5) is 0 Å². The van der Waals surface area contributed by atoms with Crippen molar-refractivity contribution in [1.82, 2.24) is 4.90 Å². The first-order valence-corrected chi connectivity index (χ1v) is 8.92. The van der Waals surface area contributed by atoms with Crippen LogP contribution in [0, 0.1) is 0 Å². The molecular formula is C21H24N2O4. The van der Waals surface area contributed by atoms with Crippen LogP contribution in [-0.2, 0) is 4.74 Å². The number of hydrogen-bond donors (Lipinski definition) is 1. The maximum Gasteiger partial charge on any atom is 0.254 e. The van der Waals surface area contributed by atoms with Gasteiger partial charge >= 0.3 is 0 Å². The van der Waals surface area contributed by atoms with E-state index in [-0.39, 0.29) is 18.1 Å². The Balaban J connectivity index is 1.86. The molecule has 6 heteroatoms. The summed E-state index contributed by atoms with van der Waals surface area (Å²) in [6.45, 7) is 5.10. The Morgan fingerprint density at radius 2 is 1.63 bits per heavy atom. The van der Waals surface area contributed by atoms with Gasteiger partial charge in [0.2, 0.25) is 5.91 Å². The molecule has 0 aromatic heterocycles. The van der Waals surface area contributed by atoms with E-state index in [1.165, 1.54) is 0 Å². The van der Waals surface area contributed by atoms with Gasteiger partial charge in [-0.25, -0.2) is 0 Å². The van der Waals surface area contributed by atoms with E-state index < -0.39 is 5.91 Å². The molecular weight excluding hydrogens is 344 g/mol. The number of nitrogens with zero attached hydrogens (tertiary/aromatic N) is 1. The van der Waals surface area contributed by atoms with Gasteiger partial charge in [0.1, 0.15) is 5.75 Å². The number of nitrogens with two attached hydrogens (primary N) is 1. The molecule has 2 amide bonds. The van der Waals surface area contributed by atoms with Gasteiger partial charge in [0.25, 0.3) is 5.91 Å². The van der Waals surface area contributed by atoms with E-state index in [9.17, 15) is 9.59 Å². The molecule has 0 unspecified atom stereocenters. The van der Waals surface area contributed by atoms with Crippen LogP contribution in [0.5, 0.6) is 5.75 Å². The molecule has 1 heterocycles. The van der Waals surface area contributed by atoms with E-state index in [2.05, 4.69) is 0 Å². The van der Waals surface area contributed by atoms with Crippen molar-refractivity contribution in [2.45, 2.75) is 26.1 Å². The summed E-state index contributed by atoms with van der Waals surface area (Å²) >= 11 is 0. The molecule has 1 aliphatic rings. The lowest BCUT2D eigenvalue weighted by molar-refractivity contribution is -0.0586. The van der Waals surface area contributed by atoms with Crippen LogP contribution in [0.3, 0.4) is 0 Å². The van der Waals surface area contributed by atoms with Gasteiger partial charge in [0.05, 0.1) is 19.3 Å². The molecule has 2 aromatic carbocycles. The third kappa shape index (κ3) is 4.11. The highest BCUT2D eigenvalue weighted by Crippen LogP contribution is 2.31. The molecule has 0 spiro atoms. The number of benzene rings is 2. The minimum atomic E-state index is -0.499. The fourth-order valence-corrected chi connectivity index (χ4v) is 3.41. The fourth-order valence-electron chi connectivity index (χ4n) is 3.41. The first-order valence-electron chi connectivity index (χ1n) is 8.92. The summed E-state index contributed by atoms with van der Waals surface area (Å²) in [5, 5.41) is 0. The molecule has 142 valence electrons. The lowest BCUT2D eigenvalue weighted by atomic mass is 10.00. The van der Waals surface area contributed by atoms with Gasteiger partial charge in [-0.2, -0.15) is 0 Å². The van der Waals surface area contributed by atoms with E-state index in [0.717, 1.165) is 11.1 Å². The van der Waals surface area contributed by atoms with Gasteiger partial charge in [-0.1, -0.05) is 12.1 Å². The van der Waals surface area contributed by atoms with E-state index in [1.54, 1.807) is 37.4 Å². The summed E-state index contributed by atoms with van der Waals surface area (Å²) in [6, 6.07) is 12.3. The third-order valence-electron chi connectivity index (χ3n) is 4.63. The molecule has 0 saturated carbocycles. The SMILES string of the molecule is COc1ccc(C(N)=O)cc1-c1ccc(C(=O)N2C[C@@H](C)O[C@@H](C)C2)cc1. The molecule has 0 aliphatic carbocycles. The predicted octanol–water partition coefficient (Wildman–Crippen LogP) is 2.71. The molecule has 1 aliphatic heterocycles. The van der Waals surface area contributed by atoms with Gasteiger partial charge in [-0.15, -0.1) is 0 Å². The predicted molar refractivity (Wildman–Crippen MR) is 103 cm³/mol. The largest absolute Gasteiger partial charge is 0.496 e. The number of methoxy groups -OCH3 is 1. The van der Waals surface area contributed by atoms with Crippen molar-refractivity contribution in [3.63, 3.8) is 0 Å². The molecule has 27 heavy (non-hydrogen) atoms. The lowest BCUT2D eigenvalue weighted by Crippen LogP contribution is -2.48. The second-order valence-electron chi connectivity index (χ2n) is 6.82. The summed E-state index contributed by atoms with van der Waals surface area (Å²) in [6.07, 6.45) is 0.0514. The van der Waals surface area contributed by atoms with Crippen LogP contribution in [-0.4, -0.2) is 49.1 Å². The van der Waals surface area contributed by atoms with Crippen molar-refractivity contribution in [1.29, 1.82) is 0 Å². The molecule has 0 bridgehead atoms. The summed E-state index contributed by atoms with van der Waals surface area (Å²) in [5.41, 5.74) is 8.00. The molecule has 6 nitrogen and oxygen atoms in total. The molecule has 2 aromatic rings. The number of carbonyl (C=O) groups is 2. The zero-order chi connectivity index (χ0) is 19.6. The monoisotopic (exact) mass is 368 g/mol. The number of ether oxygens (including phenoxy) is 2. The topological polar surface area (TPSA) is 81.9 Å². The number of rotatable bonds is 4. The van der Waals surface area contributed by atoms with Crippen LogP contribution >= 0.6 is 0 Å². The molecule has 1 fully saturated rings. The van der Waals surface area contributed by atoms with E-state index in [0.29, 0.717) is 30.0 Å². The molecule has 2 atom stereocenters. The molecule has 3 rings (SSSR count). The number of amides is 2. The van der Waals surface area contributed by atoms with Crippen molar-refractivity contribution >= 4 is 11.8 Å². The summed E-state index contributed by atoms with van der Waals surface area (Å²) in [5.74, 6) is 0.123. The smallest absolute Gasteiger partial charge is 0.254 e. The normalized spacial score (nSPS) is 19.6. The Bertz CT molecular complexity index is 838. The summed E-state index contributed by atoms with van der Waals surface area (Å²) < 4.78 is 11.1. The standard InChI is InChI=1S/C21H24N2O4/c1-13-11-23(12-14(2)27-13)21(25)16-6-4-15(5-7-16)18-10-17(20(22)24)8-9-19(18)26-3/h4-10,13-14H,11-12H2,1-3H3,(H2,22,24)/t13-,14+. The second kappa shape index (κ2) is 7.80. The Labute approximate surface area is 158 Å². The van der Waals surface area contributed by atoms with Crippen LogP contribution < -0.4 is 10.5 Å². The minimum absolute atomic E-state index is 0.0126. The zero-order valence-electron chi connectivity index (χ0n) is 15.8. The molecule has 0 radical (unpaired) electrons. The van der Waals surface area contributed by atoms with Gasteiger partial charge in [-0.3, -0.25) is 9.59 Å². The van der Waals surface area contributed by atoms with Crippen molar-refractivity contribution in [3.05, 3.63) is 53.6 Å². The average Bonchev–Trinajstić information content (AvgIpc) is 2.66. The van der Waals surface area contributed by atoms with Crippen molar-refractivity contribution in [2.24, 2.45) is 5.73 Å². The Morgan fingerprint density at radius 3 is 2.19 bits per heavy atom. The highest BCUT2D eigenvalue weighted by Gasteiger charge is 2.26. The van der Waals surface area contributed by atoms with Gasteiger partial charge in [0.15, 0.2) is 0 Å². The number of hydrogen-bond acceptors (Lipinski definition) is 4. The lowest BCUT2D eigenvalue weighted by Gasteiger charge is -2.35. The first-order chi connectivity index (χ1) is 12.9. The fraction of sp³-hybridized carbons (Fsp3) is 0.333. The van der Waals surface area contributed by atoms with E-state index in [4.69, 9.17) is 15.2 Å². The van der Waals surface area contributed by atoms with E-state index in [1.807, 2.05) is 30.9 Å². The number of carbonyl (C=O) groups excluding carboxylic acids is 2. The Kier molecular flexibility index (Phi) is 5.46. The van der Waals surface area contributed by atoms with Gasteiger partial charge in [0, 0.05) is 29.8 Å². The third-order valence-corrected chi connectivity index (χ3v) is 4.63. The highest BCUT2D eigenvalue weighted by atomic mass is 16.5. The maximum atomic E-state index is 12.8. The number of morpholine rings is 1. The summed E-state index contributed by atoms with van der Waals surface area (Å²) in [4.78, 5) is 26.1. The highest BCUT2D eigenvalue weighted by molar-refractivity contribution is 5.96. The minimum Gasteiger partial charge on any atom is -0.496 e. The maximum absolute atomic E-state index is 12.8. The van der Waals surface area contributed by atoms with Gasteiger partial charge < -0.3 is 20.1 Å². The number of primary amides is 1. The average molecular weight is 368 g/mol. The van der Waals surface area contributed by atoms with Crippen LogP contribution in [0.15, 0.2) is 42.5 Å². The quantitative estimate of drug-likeness (QED) is 0.900. The van der Waals surface area contributed by atoms with Crippen molar-refractivity contribution < 1.29 is 19.1 Å². The van der Waals surface area contributed by atoms with Crippen LogP contribution in [0.1, 0.15) is 34.6 Å². The zero-order valence-corrected chi connectivity index (χ0v) is 15.8. The second-order valence-corrected chi connectivity index (χ2v) is 6.82. The van der Waals surface area contributed by atoms with Gasteiger partial charge in [-0.05, 0) is 49.7 Å². The Morgan fingerprint density at radius 1 is 1.04 bits per heavy atom.